The number of amides is 1. The molecule has 1 aromatic heterocycles. The average molecular weight is 359 g/mol. The van der Waals surface area contributed by atoms with Crippen molar-refractivity contribution < 1.29 is 9.53 Å². The number of pyridine rings is 1. The summed E-state index contributed by atoms with van der Waals surface area (Å²) >= 11 is 0. The second-order valence-electron chi connectivity index (χ2n) is 6.67. The lowest BCUT2D eigenvalue weighted by Crippen LogP contribution is -2.32. The minimum Gasteiger partial charge on any atom is -0.497 e. The third-order valence-electron chi connectivity index (χ3n) is 4.83. The Kier molecular flexibility index (Phi) is 4.28. The smallest absolute Gasteiger partial charge is 0.262 e. The molecule has 4 rings (SSSR count). The lowest BCUT2D eigenvalue weighted by atomic mass is 10.1. The van der Waals surface area contributed by atoms with Gasteiger partial charge in [0, 0.05) is 17.6 Å². The second-order valence-corrected chi connectivity index (χ2v) is 6.67. The molecule has 5 heteroatoms. The first kappa shape index (κ1) is 17.1. The number of benzene rings is 2. The molecule has 0 bridgehead atoms. The highest BCUT2D eigenvalue weighted by Gasteiger charge is 2.39. The summed E-state index contributed by atoms with van der Waals surface area (Å²) < 4.78 is 5.24. The van der Waals surface area contributed by atoms with Crippen LogP contribution in [0.4, 0.5) is 11.4 Å². The van der Waals surface area contributed by atoms with Crippen LogP contribution in [0.15, 0.2) is 60.8 Å². The monoisotopic (exact) mass is 359 g/mol. The Morgan fingerprint density at radius 3 is 2.56 bits per heavy atom. The maximum atomic E-state index is 13.1. The van der Waals surface area contributed by atoms with Crippen molar-refractivity contribution in [1.82, 2.24) is 4.98 Å². The molecule has 1 aliphatic rings. The number of nitrogens with one attached hydrogen (secondary N) is 1. The van der Waals surface area contributed by atoms with Crippen LogP contribution in [0, 0.1) is 13.8 Å². The van der Waals surface area contributed by atoms with Gasteiger partial charge in [-0.15, -0.1) is 0 Å². The molecule has 136 valence electrons. The molecule has 1 unspecified atom stereocenters. The van der Waals surface area contributed by atoms with Gasteiger partial charge in [-0.05, 0) is 61.9 Å². The number of nitrogens with zero attached hydrogens (tertiary/aromatic N) is 2. The first-order chi connectivity index (χ1) is 13.1. The number of methoxy groups -OCH3 is 1. The third kappa shape index (κ3) is 3.01. The van der Waals surface area contributed by atoms with E-state index in [0.29, 0.717) is 5.56 Å². The largest absolute Gasteiger partial charge is 0.497 e. The molecule has 2 aromatic carbocycles. The summed E-state index contributed by atoms with van der Waals surface area (Å²) in [6, 6.07) is 17.3. The highest BCUT2D eigenvalue weighted by molar-refractivity contribution is 6.11. The number of aryl methyl sites for hydroxylation is 2. The van der Waals surface area contributed by atoms with E-state index >= 15 is 0 Å². The van der Waals surface area contributed by atoms with Gasteiger partial charge in [0.05, 0.1) is 18.4 Å². The molecular weight excluding hydrogens is 338 g/mol. The van der Waals surface area contributed by atoms with Gasteiger partial charge in [-0.3, -0.25) is 14.7 Å². The fraction of sp³-hybridized carbons (Fsp3) is 0.182. The van der Waals surface area contributed by atoms with Crippen molar-refractivity contribution in [3.63, 3.8) is 0 Å². The summed E-state index contributed by atoms with van der Waals surface area (Å²) in [5.41, 5.74) is 5.46. The quantitative estimate of drug-likeness (QED) is 0.746. The van der Waals surface area contributed by atoms with Crippen LogP contribution in [0.2, 0.25) is 0 Å². The van der Waals surface area contributed by atoms with Crippen LogP contribution in [0.25, 0.3) is 0 Å². The predicted molar refractivity (Wildman–Crippen MR) is 106 cm³/mol. The van der Waals surface area contributed by atoms with Crippen LogP contribution in [0.1, 0.15) is 33.3 Å². The molecule has 1 aliphatic heterocycles. The zero-order valence-electron chi connectivity index (χ0n) is 15.6. The van der Waals surface area contributed by atoms with Gasteiger partial charge in [-0.25, -0.2) is 0 Å². The number of ether oxygens (including phenoxy) is 1. The van der Waals surface area contributed by atoms with Gasteiger partial charge in [0.1, 0.15) is 5.75 Å². The lowest BCUT2D eigenvalue weighted by molar-refractivity contribution is 0.0993. The van der Waals surface area contributed by atoms with Gasteiger partial charge in [0.2, 0.25) is 0 Å². The Labute approximate surface area is 158 Å². The fourth-order valence-electron chi connectivity index (χ4n) is 3.45. The summed E-state index contributed by atoms with van der Waals surface area (Å²) in [5.74, 6) is 0.686. The second kappa shape index (κ2) is 6.76. The molecule has 5 nitrogen and oxygen atoms in total. The van der Waals surface area contributed by atoms with Crippen molar-refractivity contribution in [2.45, 2.75) is 20.0 Å². The summed E-state index contributed by atoms with van der Waals surface area (Å²) in [6.07, 6.45) is 1.35. The van der Waals surface area contributed by atoms with Crippen LogP contribution in [0.3, 0.4) is 0 Å². The highest BCUT2D eigenvalue weighted by Crippen LogP contribution is 2.37. The normalized spacial score (nSPS) is 15.6. The number of carbonyl (C=O) groups excluding carboxylic acids is 1. The number of aromatic nitrogens is 1. The van der Waals surface area contributed by atoms with E-state index in [2.05, 4.69) is 36.3 Å². The van der Waals surface area contributed by atoms with E-state index in [4.69, 9.17) is 4.74 Å². The van der Waals surface area contributed by atoms with Gasteiger partial charge >= 0.3 is 0 Å². The SMILES string of the molecule is COc1ccc(N2C(=O)c3cccnc3C2Nc2ccc(C)cc2C)cc1. The van der Waals surface area contributed by atoms with Gasteiger partial charge in [0.15, 0.2) is 6.17 Å². The molecule has 0 radical (unpaired) electrons. The van der Waals surface area contributed by atoms with E-state index < -0.39 is 0 Å². The highest BCUT2D eigenvalue weighted by atomic mass is 16.5. The van der Waals surface area contributed by atoms with Crippen LogP contribution < -0.4 is 15.0 Å². The molecule has 1 atom stereocenters. The van der Waals surface area contributed by atoms with Crippen LogP contribution in [0.5, 0.6) is 5.75 Å². The van der Waals surface area contributed by atoms with E-state index in [0.717, 1.165) is 28.4 Å². The lowest BCUT2D eigenvalue weighted by Gasteiger charge is -2.27. The number of hydrogen-bond donors (Lipinski definition) is 1. The first-order valence-electron chi connectivity index (χ1n) is 8.85. The Morgan fingerprint density at radius 1 is 1.07 bits per heavy atom. The van der Waals surface area contributed by atoms with Crippen molar-refractivity contribution in [3.05, 3.63) is 83.2 Å². The molecule has 0 spiro atoms. The Morgan fingerprint density at radius 2 is 1.85 bits per heavy atom. The molecular formula is C22H21N3O2. The molecule has 0 aliphatic carbocycles. The first-order valence-corrected chi connectivity index (χ1v) is 8.85. The minimum absolute atomic E-state index is 0.0643. The van der Waals surface area contributed by atoms with Crippen LogP contribution in [-0.4, -0.2) is 18.0 Å². The summed E-state index contributed by atoms with van der Waals surface area (Å²) in [5, 5.41) is 3.51. The summed E-state index contributed by atoms with van der Waals surface area (Å²) in [7, 11) is 1.63. The number of carbonyl (C=O) groups is 1. The molecule has 1 amide bonds. The number of hydrogen-bond acceptors (Lipinski definition) is 4. The Hall–Kier alpha value is -3.34. The number of rotatable bonds is 4. The zero-order valence-corrected chi connectivity index (χ0v) is 15.6. The predicted octanol–water partition coefficient (Wildman–Crippen LogP) is 4.48. The van der Waals surface area contributed by atoms with E-state index in [9.17, 15) is 4.79 Å². The van der Waals surface area contributed by atoms with Crippen LogP contribution in [-0.2, 0) is 0 Å². The fourth-order valence-corrected chi connectivity index (χ4v) is 3.45. The van der Waals surface area contributed by atoms with Gasteiger partial charge in [-0.2, -0.15) is 0 Å². The number of anilines is 2. The third-order valence-corrected chi connectivity index (χ3v) is 4.83. The van der Waals surface area contributed by atoms with Crippen molar-refractivity contribution >= 4 is 17.3 Å². The number of fused-ring (bicyclic) bond motifs is 1. The summed E-state index contributed by atoms with van der Waals surface area (Å²) in [6.45, 7) is 4.12. The van der Waals surface area contributed by atoms with Crippen molar-refractivity contribution in [2.75, 3.05) is 17.3 Å². The Balaban J connectivity index is 1.77. The van der Waals surface area contributed by atoms with Crippen molar-refractivity contribution in [2.24, 2.45) is 0 Å². The molecule has 0 saturated carbocycles. The standard InChI is InChI=1S/C22H21N3O2/c1-14-6-11-19(15(2)13-14)24-21-20-18(5-4-12-23-20)22(26)25(21)16-7-9-17(27-3)10-8-16/h4-13,21,24H,1-3H3. The van der Waals surface area contributed by atoms with Gasteiger partial charge in [0.25, 0.3) is 5.91 Å². The Bertz CT molecular complexity index is 999. The zero-order chi connectivity index (χ0) is 19.0. The molecule has 0 fully saturated rings. The molecule has 27 heavy (non-hydrogen) atoms. The molecule has 3 aromatic rings. The maximum Gasteiger partial charge on any atom is 0.262 e. The van der Waals surface area contributed by atoms with E-state index in [1.165, 1.54) is 5.56 Å². The van der Waals surface area contributed by atoms with Crippen molar-refractivity contribution in [1.29, 1.82) is 0 Å². The molecule has 0 saturated heterocycles. The van der Waals surface area contributed by atoms with E-state index in [1.807, 2.05) is 36.4 Å². The topological polar surface area (TPSA) is 54.5 Å². The van der Waals surface area contributed by atoms with E-state index in [1.54, 1.807) is 24.3 Å². The molecule has 1 N–H and O–H groups in total. The van der Waals surface area contributed by atoms with E-state index in [-0.39, 0.29) is 12.1 Å². The summed E-state index contributed by atoms with van der Waals surface area (Å²) in [4.78, 5) is 19.3. The minimum atomic E-state index is -0.372. The van der Waals surface area contributed by atoms with Crippen LogP contribution >= 0.6 is 0 Å². The molecule has 2 heterocycles. The van der Waals surface area contributed by atoms with Gasteiger partial charge in [-0.1, -0.05) is 17.7 Å². The van der Waals surface area contributed by atoms with Gasteiger partial charge < -0.3 is 10.1 Å². The maximum absolute atomic E-state index is 13.1. The average Bonchev–Trinajstić information content (AvgIpc) is 2.96. The van der Waals surface area contributed by atoms with Crippen molar-refractivity contribution in [3.8, 4) is 5.75 Å².